The van der Waals surface area contributed by atoms with Crippen molar-refractivity contribution < 1.29 is 4.39 Å². The summed E-state index contributed by atoms with van der Waals surface area (Å²) in [5.74, 6) is -0.321. The van der Waals surface area contributed by atoms with E-state index in [2.05, 4.69) is 6.07 Å². The molecule has 0 bridgehead atoms. The number of nitriles is 1. The molecule has 0 aliphatic heterocycles. The second-order valence-electron chi connectivity index (χ2n) is 3.43. The summed E-state index contributed by atoms with van der Waals surface area (Å²) >= 11 is 0. The van der Waals surface area contributed by atoms with Crippen LogP contribution < -0.4 is 5.73 Å². The Labute approximate surface area is 92.8 Å². The smallest absolute Gasteiger partial charge is 0.123 e. The van der Waals surface area contributed by atoms with E-state index in [-0.39, 0.29) is 5.82 Å². The normalized spacial score (nSPS) is 9.75. The average molecular weight is 212 g/mol. The van der Waals surface area contributed by atoms with Crippen LogP contribution in [0.25, 0.3) is 11.1 Å². The molecule has 0 atom stereocenters. The van der Waals surface area contributed by atoms with Gasteiger partial charge >= 0.3 is 0 Å². The quantitative estimate of drug-likeness (QED) is 0.739. The molecule has 0 fully saturated rings. The molecule has 0 spiro atoms. The van der Waals surface area contributed by atoms with Gasteiger partial charge in [0.05, 0.1) is 11.6 Å². The molecule has 0 saturated heterocycles. The fraction of sp³-hybridized carbons (Fsp3) is 0. The topological polar surface area (TPSA) is 49.8 Å². The first-order valence-corrected chi connectivity index (χ1v) is 4.76. The Hall–Kier alpha value is -2.34. The summed E-state index contributed by atoms with van der Waals surface area (Å²) in [5.41, 5.74) is 7.93. The Morgan fingerprint density at radius 3 is 2.62 bits per heavy atom. The van der Waals surface area contributed by atoms with Gasteiger partial charge in [0.1, 0.15) is 5.82 Å². The lowest BCUT2D eigenvalue weighted by atomic mass is 10.00. The Bertz CT molecular complexity index is 570. The fourth-order valence-electron chi connectivity index (χ4n) is 1.56. The van der Waals surface area contributed by atoms with Crippen molar-refractivity contribution in [3.8, 4) is 17.2 Å². The number of benzene rings is 2. The zero-order chi connectivity index (χ0) is 11.5. The van der Waals surface area contributed by atoms with Crippen LogP contribution in [0.1, 0.15) is 5.56 Å². The highest BCUT2D eigenvalue weighted by atomic mass is 19.1. The van der Waals surface area contributed by atoms with Crippen LogP contribution >= 0.6 is 0 Å². The fourth-order valence-corrected chi connectivity index (χ4v) is 1.56. The number of hydrogen-bond acceptors (Lipinski definition) is 2. The van der Waals surface area contributed by atoms with E-state index in [4.69, 9.17) is 11.0 Å². The minimum absolute atomic E-state index is 0.321. The third kappa shape index (κ3) is 1.86. The summed E-state index contributed by atoms with van der Waals surface area (Å²) in [7, 11) is 0. The van der Waals surface area contributed by atoms with Crippen LogP contribution in [-0.4, -0.2) is 0 Å². The molecule has 0 radical (unpaired) electrons. The first-order valence-electron chi connectivity index (χ1n) is 4.76. The van der Waals surface area contributed by atoms with Gasteiger partial charge in [0, 0.05) is 5.69 Å². The minimum Gasteiger partial charge on any atom is -0.399 e. The minimum atomic E-state index is -0.321. The van der Waals surface area contributed by atoms with Crippen molar-refractivity contribution in [2.24, 2.45) is 0 Å². The standard InChI is InChI=1S/C13H9FN2/c14-11-3-1-2-9(6-11)13-5-4-12(16)7-10(13)8-15/h1-7H,16H2. The van der Waals surface area contributed by atoms with Gasteiger partial charge in [0.2, 0.25) is 0 Å². The van der Waals surface area contributed by atoms with Crippen LogP contribution in [0.15, 0.2) is 42.5 Å². The summed E-state index contributed by atoms with van der Waals surface area (Å²) in [4.78, 5) is 0. The van der Waals surface area contributed by atoms with E-state index in [1.165, 1.54) is 12.1 Å². The van der Waals surface area contributed by atoms with E-state index in [9.17, 15) is 4.39 Å². The van der Waals surface area contributed by atoms with Gasteiger partial charge in [0.15, 0.2) is 0 Å². The highest BCUT2D eigenvalue weighted by Gasteiger charge is 2.05. The van der Waals surface area contributed by atoms with Gasteiger partial charge in [-0.1, -0.05) is 18.2 Å². The Kier molecular flexibility index (Phi) is 2.57. The maximum atomic E-state index is 13.1. The molecule has 16 heavy (non-hydrogen) atoms. The molecule has 3 heteroatoms. The van der Waals surface area contributed by atoms with Crippen LogP contribution in [-0.2, 0) is 0 Å². The molecule has 78 valence electrons. The van der Waals surface area contributed by atoms with Gasteiger partial charge in [-0.3, -0.25) is 0 Å². The van der Waals surface area contributed by atoms with Gasteiger partial charge in [-0.15, -0.1) is 0 Å². The molecule has 0 unspecified atom stereocenters. The molecule has 0 amide bonds. The number of anilines is 1. The van der Waals surface area contributed by atoms with Crippen molar-refractivity contribution in [2.75, 3.05) is 5.73 Å². The Balaban J connectivity index is 2.61. The van der Waals surface area contributed by atoms with Crippen molar-refractivity contribution in [1.82, 2.24) is 0 Å². The highest BCUT2D eigenvalue weighted by Crippen LogP contribution is 2.25. The van der Waals surface area contributed by atoms with E-state index in [0.29, 0.717) is 22.4 Å². The predicted octanol–water partition coefficient (Wildman–Crippen LogP) is 2.95. The molecular formula is C13H9FN2. The first-order chi connectivity index (χ1) is 7.70. The van der Waals surface area contributed by atoms with Crippen molar-refractivity contribution in [3.63, 3.8) is 0 Å². The van der Waals surface area contributed by atoms with Crippen molar-refractivity contribution in [2.45, 2.75) is 0 Å². The predicted molar refractivity (Wildman–Crippen MR) is 61.0 cm³/mol. The SMILES string of the molecule is N#Cc1cc(N)ccc1-c1cccc(F)c1. The van der Waals surface area contributed by atoms with Crippen molar-refractivity contribution in [3.05, 3.63) is 53.8 Å². The lowest BCUT2D eigenvalue weighted by Gasteiger charge is -2.05. The summed E-state index contributed by atoms with van der Waals surface area (Å²) < 4.78 is 13.1. The lowest BCUT2D eigenvalue weighted by molar-refractivity contribution is 0.628. The first kappa shape index (κ1) is 10.2. The number of rotatable bonds is 1. The summed E-state index contributed by atoms with van der Waals surface area (Å²) in [6.07, 6.45) is 0. The number of halogens is 1. The van der Waals surface area contributed by atoms with E-state index in [0.717, 1.165) is 0 Å². The number of nitrogens with two attached hydrogens (primary N) is 1. The maximum Gasteiger partial charge on any atom is 0.123 e. The van der Waals surface area contributed by atoms with E-state index in [1.54, 1.807) is 30.3 Å². The largest absolute Gasteiger partial charge is 0.399 e. The molecule has 2 rings (SSSR count). The van der Waals surface area contributed by atoms with Crippen LogP contribution in [0.3, 0.4) is 0 Å². The second kappa shape index (κ2) is 4.03. The molecule has 0 saturated carbocycles. The van der Waals surface area contributed by atoms with E-state index < -0.39 is 0 Å². The summed E-state index contributed by atoms with van der Waals surface area (Å²) in [5, 5.41) is 8.97. The van der Waals surface area contributed by atoms with Crippen LogP contribution in [0.2, 0.25) is 0 Å². The third-order valence-corrected chi connectivity index (χ3v) is 2.30. The maximum absolute atomic E-state index is 13.1. The summed E-state index contributed by atoms with van der Waals surface area (Å²) in [6.45, 7) is 0. The Morgan fingerprint density at radius 1 is 1.12 bits per heavy atom. The van der Waals surface area contributed by atoms with Crippen LogP contribution in [0, 0.1) is 17.1 Å². The second-order valence-corrected chi connectivity index (χ2v) is 3.43. The lowest BCUT2D eigenvalue weighted by Crippen LogP contribution is -1.89. The molecule has 0 heterocycles. The Morgan fingerprint density at radius 2 is 1.94 bits per heavy atom. The van der Waals surface area contributed by atoms with E-state index in [1.807, 2.05) is 0 Å². The monoisotopic (exact) mass is 212 g/mol. The van der Waals surface area contributed by atoms with Gasteiger partial charge in [-0.25, -0.2) is 4.39 Å². The highest BCUT2D eigenvalue weighted by molar-refractivity contribution is 5.72. The number of nitrogen functional groups attached to an aromatic ring is 1. The van der Waals surface area contributed by atoms with Crippen LogP contribution in [0.5, 0.6) is 0 Å². The van der Waals surface area contributed by atoms with Gasteiger partial charge in [0.25, 0.3) is 0 Å². The van der Waals surface area contributed by atoms with Crippen molar-refractivity contribution >= 4 is 5.69 Å². The molecule has 0 aliphatic carbocycles. The third-order valence-electron chi connectivity index (χ3n) is 2.30. The summed E-state index contributed by atoms with van der Waals surface area (Å²) in [6, 6.07) is 13.2. The van der Waals surface area contributed by atoms with Crippen LogP contribution in [0.4, 0.5) is 10.1 Å². The average Bonchev–Trinajstić information content (AvgIpc) is 2.28. The van der Waals surface area contributed by atoms with E-state index >= 15 is 0 Å². The van der Waals surface area contributed by atoms with Gasteiger partial charge in [-0.05, 0) is 35.4 Å². The van der Waals surface area contributed by atoms with Crippen molar-refractivity contribution in [1.29, 1.82) is 5.26 Å². The zero-order valence-electron chi connectivity index (χ0n) is 8.44. The molecule has 0 aromatic heterocycles. The molecule has 2 aromatic carbocycles. The molecule has 0 aliphatic rings. The molecule has 2 aromatic rings. The molecule has 2 N–H and O–H groups in total. The molecular weight excluding hydrogens is 203 g/mol. The number of hydrogen-bond donors (Lipinski definition) is 1. The molecule has 2 nitrogen and oxygen atoms in total. The van der Waals surface area contributed by atoms with Gasteiger partial charge in [-0.2, -0.15) is 5.26 Å². The van der Waals surface area contributed by atoms with Gasteiger partial charge < -0.3 is 5.73 Å². The zero-order valence-corrected chi connectivity index (χ0v) is 8.44. The number of nitrogens with zero attached hydrogens (tertiary/aromatic N) is 1.